The Morgan fingerprint density at radius 1 is 1.36 bits per heavy atom. The van der Waals surface area contributed by atoms with E-state index in [4.69, 9.17) is 4.74 Å². The number of nitrogens with zero attached hydrogens (tertiary/aromatic N) is 2. The minimum absolute atomic E-state index is 0.244. The van der Waals surface area contributed by atoms with Crippen LogP contribution in [-0.2, 0) is 20.9 Å². The van der Waals surface area contributed by atoms with Crippen molar-refractivity contribution in [3.8, 4) is 0 Å². The highest BCUT2D eigenvalue weighted by Gasteiger charge is 2.76. The van der Waals surface area contributed by atoms with Gasteiger partial charge in [0.1, 0.15) is 11.2 Å². The summed E-state index contributed by atoms with van der Waals surface area (Å²) in [5, 5.41) is 2.96. The highest BCUT2D eigenvalue weighted by molar-refractivity contribution is 6.06. The topological polar surface area (TPSA) is 72.7 Å². The molecule has 0 unspecified atom stereocenters. The van der Waals surface area contributed by atoms with Gasteiger partial charge in [0.15, 0.2) is 5.41 Å². The molecule has 4 rings (SSSR count). The molecule has 0 radical (unpaired) electrons. The number of nitrogens with one attached hydrogen (secondary N) is 1. The molecular formula is C19H23N3O3. The van der Waals surface area contributed by atoms with Gasteiger partial charge >= 0.3 is 5.97 Å². The zero-order valence-electron chi connectivity index (χ0n) is 15.0. The first-order valence-electron chi connectivity index (χ1n) is 8.66. The lowest BCUT2D eigenvalue weighted by molar-refractivity contribution is -0.162. The zero-order valence-corrected chi connectivity index (χ0v) is 15.0. The van der Waals surface area contributed by atoms with E-state index in [1.54, 1.807) is 6.20 Å². The molecule has 1 saturated heterocycles. The van der Waals surface area contributed by atoms with Crippen LogP contribution < -0.4 is 5.32 Å². The van der Waals surface area contributed by atoms with Gasteiger partial charge in [-0.3, -0.25) is 9.59 Å². The lowest BCUT2D eigenvalue weighted by Crippen LogP contribution is -2.50. The number of imidazole rings is 1. The number of carbonyl (C=O) groups is 2. The van der Waals surface area contributed by atoms with Gasteiger partial charge in [-0.2, -0.15) is 0 Å². The van der Waals surface area contributed by atoms with Crippen LogP contribution in [0.5, 0.6) is 0 Å². The Bertz CT molecular complexity index is 900. The molecule has 2 bridgehead atoms. The Morgan fingerprint density at radius 3 is 2.76 bits per heavy atom. The van der Waals surface area contributed by atoms with Gasteiger partial charge in [-0.15, -0.1) is 0 Å². The smallest absolute Gasteiger partial charge is 0.322 e. The van der Waals surface area contributed by atoms with Gasteiger partial charge in [0.05, 0.1) is 18.4 Å². The number of amides is 1. The normalized spacial score (nSPS) is 29.8. The summed E-state index contributed by atoms with van der Waals surface area (Å²) in [5.74, 6) is -0.635. The van der Waals surface area contributed by atoms with E-state index < -0.39 is 22.4 Å². The third-order valence-corrected chi connectivity index (χ3v) is 6.66. The molecule has 1 amide bonds. The highest BCUT2D eigenvalue weighted by Crippen LogP contribution is 2.65. The highest BCUT2D eigenvalue weighted by atomic mass is 16.6. The quantitative estimate of drug-likeness (QED) is 0.687. The standard InChI is InChI=1S/C19H23N3O3/c1-12-6-5-9-22-13(10-20-14(12)22)11-21-15(23)19-8-7-18(4,17(19,2)3)25-16(19)24/h5-6,9-10H,7-8,11H2,1-4H3,(H,21,23)/t18-,19+/m1/s1. The van der Waals surface area contributed by atoms with Crippen LogP contribution in [0.15, 0.2) is 24.5 Å². The van der Waals surface area contributed by atoms with Crippen molar-refractivity contribution in [1.82, 2.24) is 14.7 Å². The molecule has 2 atom stereocenters. The SMILES string of the molecule is Cc1cccn2c(CNC(=O)[C@@]34CC[C@@](C)(OC3=O)C4(C)C)cnc12. The van der Waals surface area contributed by atoms with Crippen LogP contribution >= 0.6 is 0 Å². The van der Waals surface area contributed by atoms with E-state index in [1.165, 1.54) is 0 Å². The van der Waals surface area contributed by atoms with E-state index in [0.29, 0.717) is 19.4 Å². The molecule has 2 aromatic rings. The van der Waals surface area contributed by atoms with E-state index >= 15 is 0 Å². The summed E-state index contributed by atoms with van der Waals surface area (Å²) in [4.78, 5) is 30.0. The number of aryl methyl sites for hydroxylation is 1. The lowest BCUT2D eigenvalue weighted by atomic mass is 9.65. The van der Waals surface area contributed by atoms with E-state index in [1.807, 2.05) is 50.4 Å². The summed E-state index contributed by atoms with van der Waals surface area (Å²) in [6.07, 6.45) is 4.94. The Hall–Kier alpha value is -2.37. The molecule has 3 heterocycles. The predicted molar refractivity (Wildman–Crippen MR) is 91.7 cm³/mol. The van der Waals surface area contributed by atoms with Crippen molar-refractivity contribution < 1.29 is 14.3 Å². The van der Waals surface area contributed by atoms with Crippen LogP contribution in [-0.4, -0.2) is 26.9 Å². The summed E-state index contributed by atoms with van der Waals surface area (Å²) < 4.78 is 7.56. The Morgan fingerprint density at radius 2 is 2.12 bits per heavy atom. The van der Waals surface area contributed by atoms with Gasteiger partial charge in [0.25, 0.3) is 0 Å². The molecule has 1 aliphatic heterocycles. The fourth-order valence-corrected chi connectivity index (χ4v) is 4.47. The van der Waals surface area contributed by atoms with Gasteiger partial charge in [-0.25, -0.2) is 4.98 Å². The fraction of sp³-hybridized carbons (Fsp3) is 0.526. The minimum atomic E-state index is -1.10. The second kappa shape index (κ2) is 4.84. The second-order valence-electron chi connectivity index (χ2n) is 7.97. The first-order valence-corrected chi connectivity index (χ1v) is 8.66. The minimum Gasteiger partial charge on any atom is -0.458 e. The Labute approximate surface area is 146 Å². The number of fused-ring (bicyclic) bond motifs is 3. The maximum Gasteiger partial charge on any atom is 0.322 e. The van der Waals surface area contributed by atoms with Crippen molar-refractivity contribution in [2.24, 2.45) is 10.8 Å². The van der Waals surface area contributed by atoms with Gasteiger partial charge < -0.3 is 14.5 Å². The molecule has 2 fully saturated rings. The van der Waals surface area contributed by atoms with E-state index in [-0.39, 0.29) is 5.91 Å². The Kier molecular flexibility index (Phi) is 3.12. The van der Waals surface area contributed by atoms with Gasteiger partial charge in [0.2, 0.25) is 5.91 Å². The fourth-order valence-electron chi connectivity index (χ4n) is 4.47. The molecular weight excluding hydrogens is 318 g/mol. The predicted octanol–water partition coefficient (Wildman–Crippen LogP) is 2.38. The number of carbonyl (C=O) groups excluding carboxylic acids is 2. The third kappa shape index (κ3) is 1.82. The summed E-state index contributed by atoms with van der Waals surface area (Å²) in [6, 6.07) is 3.95. The van der Waals surface area contributed by atoms with Crippen molar-refractivity contribution in [1.29, 1.82) is 0 Å². The maximum absolute atomic E-state index is 13.0. The number of hydrogen-bond acceptors (Lipinski definition) is 4. The number of pyridine rings is 1. The maximum atomic E-state index is 13.0. The largest absolute Gasteiger partial charge is 0.458 e. The second-order valence-corrected chi connectivity index (χ2v) is 7.97. The summed E-state index contributed by atoms with van der Waals surface area (Å²) in [5.41, 5.74) is 0.634. The third-order valence-electron chi connectivity index (χ3n) is 6.66. The van der Waals surface area contributed by atoms with Crippen LogP contribution in [0.3, 0.4) is 0 Å². The van der Waals surface area contributed by atoms with E-state index in [0.717, 1.165) is 16.9 Å². The number of hydrogen-bond donors (Lipinski definition) is 1. The van der Waals surface area contributed by atoms with Crippen LogP contribution in [0.4, 0.5) is 0 Å². The molecule has 6 nitrogen and oxygen atoms in total. The van der Waals surface area contributed by atoms with Crippen molar-refractivity contribution in [3.63, 3.8) is 0 Å². The van der Waals surface area contributed by atoms with Crippen LogP contribution in [0.1, 0.15) is 44.9 Å². The Balaban J connectivity index is 1.60. The molecule has 0 spiro atoms. The molecule has 1 aliphatic carbocycles. The zero-order chi connectivity index (χ0) is 18.0. The number of esters is 1. The number of aromatic nitrogens is 2. The average Bonchev–Trinajstić information content (AvgIpc) is 3.09. The first-order chi connectivity index (χ1) is 11.7. The molecule has 1 N–H and O–H groups in total. The van der Waals surface area contributed by atoms with Crippen molar-refractivity contribution >= 4 is 17.5 Å². The molecule has 2 aliphatic rings. The summed E-state index contributed by atoms with van der Waals surface area (Å²) in [7, 11) is 0. The molecule has 2 aromatic heterocycles. The lowest BCUT2D eigenvalue weighted by Gasteiger charge is -2.34. The molecule has 6 heteroatoms. The first kappa shape index (κ1) is 16.1. The average molecular weight is 341 g/mol. The molecule has 1 saturated carbocycles. The van der Waals surface area contributed by atoms with Gasteiger partial charge in [-0.05, 0) is 38.3 Å². The molecule has 0 aromatic carbocycles. The summed E-state index contributed by atoms with van der Waals surface area (Å²) >= 11 is 0. The van der Waals surface area contributed by atoms with Crippen molar-refractivity contribution in [2.75, 3.05) is 0 Å². The molecule has 132 valence electrons. The monoisotopic (exact) mass is 341 g/mol. The van der Waals surface area contributed by atoms with E-state index in [2.05, 4.69) is 10.3 Å². The van der Waals surface area contributed by atoms with Crippen molar-refractivity contribution in [2.45, 2.75) is 52.7 Å². The van der Waals surface area contributed by atoms with Gasteiger partial charge in [-0.1, -0.05) is 19.9 Å². The van der Waals surface area contributed by atoms with Gasteiger partial charge in [0, 0.05) is 11.6 Å². The molecule has 25 heavy (non-hydrogen) atoms. The number of ether oxygens (including phenoxy) is 1. The van der Waals surface area contributed by atoms with Crippen LogP contribution in [0.25, 0.3) is 5.65 Å². The van der Waals surface area contributed by atoms with Crippen LogP contribution in [0, 0.1) is 17.8 Å². The van der Waals surface area contributed by atoms with Crippen molar-refractivity contribution in [3.05, 3.63) is 35.8 Å². The van der Waals surface area contributed by atoms with Crippen LogP contribution in [0.2, 0.25) is 0 Å². The number of rotatable bonds is 3. The van der Waals surface area contributed by atoms with E-state index in [9.17, 15) is 9.59 Å². The summed E-state index contributed by atoms with van der Waals surface area (Å²) in [6.45, 7) is 8.18.